The topological polar surface area (TPSA) is 59.9 Å². The lowest BCUT2D eigenvalue weighted by Crippen LogP contribution is -2.14. The number of fused-ring (bicyclic) bond motifs is 1. The predicted molar refractivity (Wildman–Crippen MR) is 76.8 cm³/mol. The summed E-state index contributed by atoms with van der Waals surface area (Å²) in [4.78, 5) is 4.39. The largest absolute Gasteiger partial charge is 0.493 e. The number of hydrogen-bond acceptors (Lipinski definition) is 5. The van der Waals surface area contributed by atoms with Crippen molar-refractivity contribution in [3.05, 3.63) is 41.0 Å². The highest BCUT2D eigenvalue weighted by atomic mass is 19.1. The standard InChI is InChI=1S/C15H17FN4O/c1-9-10(2)19-20-15(17-9)18-13-4-3-7-21-14-8-11(16)5-6-12(13)14/h5-6,8,13H,3-4,7H2,1-2H3,(H,17,18,20). The van der Waals surface area contributed by atoms with Gasteiger partial charge in [-0.3, -0.25) is 0 Å². The predicted octanol–water partition coefficient (Wildman–Crippen LogP) is 2.95. The number of rotatable bonds is 2. The van der Waals surface area contributed by atoms with Crippen molar-refractivity contribution in [2.75, 3.05) is 11.9 Å². The summed E-state index contributed by atoms with van der Waals surface area (Å²) >= 11 is 0. The van der Waals surface area contributed by atoms with Crippen molar-refractivity contribution < 1.29 is 9.13 Å². The zero-order valence-electron chi connectivity index (χ0n) is 12.1. The summed E-state index contributed by atoms with van der Waals surface area (Å²) in [6.07, 6.45) is 1.75. The fourth-order valence-corrected chi connectivity index (χ4v) is 2.37. The third-order valence-corrected chi connectivity index (χ3v) is 3.64. The molecule has 3 rings (SSSR count). The highest BCUT2D eigenvalue weighted by Gasteiger charge is 2.21. The minimum atomic E-state index is -0.293. The molecule has 0 radical (unpaired) electrons. The van der Waals surface area contributed by atoms with E-state index in [9.17, 15) is 4.39 Å². The molecule has 0 aliphatic carbocycles. The van der Waals surface area contributed by atoms with Gasteiger partial charge in [0, 0.05) is 11.6 Å². The van der Waals surface area contributed by atoms with Gasteiger partial charge in [0.1, 0.15) is 11.6 Å². The first-order chi connectivity index (χ1) is 10.1. The van der Waals surface area contributed by atoms with Crippen molar-refractivity contribution >= 4 is 5.95 Å². The van der Waals surface area contributed by atoms with Crippen LogP contribution in [0.1, 0.15) is 35.8 Å². The highest BCUT2D eigenvalue weighted by molar-refractivity contribution is 5.41. The van der Waals surface area contributed by atoms with E-state index in [1.54, 1.807) is 6.07 Å². The third kappa shape index (κ3) is 2.94. The van der Waals surface area contributed by atoms with Crippen molar-refractivity contribution in [1.82, 2.24) is 15.2 Å². The molecule has 6 heteroatoms. The Morgan fingerprint density at radius 3 is 2.90 bits per heavy atom. The Kier molecular flexibility index (Phi) is 3.68. The van der Waals surface area contributed by atoms with Gasteiger partial charge in [-0.2, -0.15) is 5.10 Å². The molecule has 110 valence electrons. The van der Waals surface area contributed by atoms with E-state index in [4.69, 9.17) is 4.74 Å². The van der Waals surface area contributed by atoms with E-state index in [1.807, 2.05) is 13.8 Å². The number of halogens is 1. The first-order valence-electron chi connectivity index (χ1n) is 7.00. The molecule has 1 aliphatic heterocycles. The summed E-state index contributed by atoms with van der Waals surface area (Å²) in [5.74, 6) is 0.778. The first kappa shape index (κ1) is 13.7. The van der Waals surface area contributed by atoms with Crippen molar-refractivity contribution in [3.8, 4) is 5.75 Å². The Balaban J connectivity index is 1.90. The number of ether oxygens (including phenoxy) is 1. The van der Waals surface area contributed by atoms with Gasteiger partial charge in [0.25, 0.3) is 0 Å². The molecular weight excluding hydrogens is 271 g/mol. The van der Waals surface area contributed by atoms with Gasteiger partial charge in [-0.25, -0.2) is 9.37 Å². The van der Waals surface area contributed by atoms with Crippen LogP contribution in [0.4, 0.5) is 10.3 Å². The van der Waals surface area contributed by atoms with Crippen molar-refractivity contribution in [1.29, 1.82) is 0 Å². The Bertz CT molecular complexity index is 662. The lowest BCUT2D eigenvalue weighted by Gasteiger charge is -2.18. The van der Waals surface area contributed by atoms with Gasteiger partial charge >= 0.3 is 0 Å². The second-order valence-corrected chi connectivity index (χ2v) is 5.18. The Hall–Kier alpha value is -2.24. The SMILES string of the molecule is Cc1nnc(NC2CCCOc3cc(F)ccc32)nc1C. The zero-order chi connectivity index (χ0) is 14.8. The van der Waals surface area contributed by atoms with E-state index in [0.29, 0.717) is 18.3 Å². The lowest BCUT2D eigenvalue weighted by atomic mass is 10.0. The molecule has 1 aromatic heterocycles. The van der Waals surface area contributed by atoms with Crippen molar-refractivity contribution in [2.45, 2.75) is 32.7 Å². The van der Waals surface area contributed by atoms with Crippen molar-refractivity contribution in [2.24, 2.45) is 0 Å². The zero-order valence-corrected chi connectivity index (χ0v) is 12.1. The monoisotopic (exact) mass is 288 g/mol. The molecule has 5 nitrogen and oxygen atoms in total. The van der Waals surface area contributed by atoms with Crippen LogP contribution >= 0.6 is 0 Å². The fourth-order valence-electron chi connectivity index (χ4n) is 2.37. The van der Waals surface area contributed by atoms with E-state index in [-0.39, 0.29) is 11.9 Å². The molecular formula is C15H17FN4O. The van der Waals surface area contributed by atoms with Crippen LogP contribution < -0.4 is 10.1 Å². The molecule has 0 saturated carbocycles. The van der Waals surface area contributed by atoms with Crippen LogP contribution in [0.2, 0.25) is 0 Å². The van der Waals surface area contributed by atoms with Crippen LogP contribution in [-0.4, -0.2) is 21.8 Å². The number of nitrogens with one attached hydrogen (secondary N) is 1. The summed E-state index contributed by atoms with van der Waals surface area (Å²) in [5, 5.41) is 11.4. The molecule has 0 amide bonds. The molecule has 0 saturated heterocycles. The third-order valence-electron chi connectivity index (χ3n) is 3.64. The average molecular weight is 288 g/mol. The number of nitrogens with zero attached hydrogens (tertiary/aromatic N) is 3. The summed E-state index contributed by atoms with van der Waals surface area (Å²) in [5.41, 5.74) is 2.58. The van der Waals surface area contributed by atoms with Gasteiger partial charge in [-0.15, -0.1) is 5.10 Å². The summed E-state index contributed by atoms with van der Waals surface area (Å²) in [6.45, 7) is 4.35. The molecule has 0 bridgehead atoms. The molecule has 1 atom stereocenters. The van der Waals surface area contributed by atoms with E-state index >= 15 is 0 Å². The molecule has 1 N–H and O–H groups in total. The summed E-state index contributed by atoms with van der Waals surface area (Å²) < 4.78 is 18.9. The fraction of sp³-hybridized carbons (Fsp3) is 0.400. The summed E-state index contributed by atoms with van der Waals surface area (Å²) in [7, 11) is 0. The van der Waals surface area contributed by atoms with Crippen LogP contribution in [0, 0.1) is 19.7 Å². The smallest absolute Gasteiger partial charge is 0.243 e. The maximum absolute atomic E-state index is 13.3. The van der Waals surface area contributed by atoms with Gasteiger partial charge < -0.3 is 10.1 Å². The number of anilines is 1. The average Bonchev–Trinajstić information content (AvgIpc) is 2.65. The van der Waals surface area contributed by atoms with Crippen LogP contribution in [0.15, 0.2) is 18.2 Å². The first-order valence-corrected chi connectivity index (χ1v) is 7.00. The molecule has 0 fully saturated rings. The van der Waals surface area contributed by atoms with E-state index < -0.39 is 0 Å². The van der Waals surface area contributed by atoms with Crippen LogP contribution in [0.5, 0.6) is 5.75 Å². The number of benzene rings is 1. The van der Waals surface area contributed by atoms with Crippen LogP contribution in [0.3, 0.4) is 0 Å². The van der Waals surface area contributed by atoms with Gasteiger partial charge in [0.15, 0.2) is 0 Å². The molecule has 1 aliphatic rings. The Morgan fingerprint density at radius 2 is 2.10 bits per heavy atom. The second-order valence-electron chi connectivity index (χ2n) is 5.18. The lowest BCUT2D eigenvalue weighted by molar-refractivity contribution is 0.315. The normalized spacial score (nSPS) is 17.6. The molecule has 0 spiro atoms. The van der Waals surface area contributed by atoms with Crippen LogP contribution in [0.25, 0.3) is 0 Å². The molecule has 21 heavy (non-hydrogen) atoms. The second kappa shape index (κ2) is 5.63. The van der Waals surface area contributed by atoms with E-state index in [2.05, 4.69) is 20.5 Å². The van der Waals surface area contributed by atoms with E-state index in [0.717, 1.165) is 29.8 Å². The number of aryl methyl sites for hydroxylation is 2. The highest BCUT2D eigenvalue weighted by Crippen LogP contribution is 2.33. The van der Waals surface area contributed by atoms with Crippen LogP contribution in [-0.2, 0) is 0 Å². The van der Waals surface area contributed by atoms with Gasteiger partial charge in [-0.05, 0) is 32.8 Å². The minimum Gasteiger partial charge on any atom is -0.493 e. The van der Waals surface area contributed by atoms with E-state index in [1.165, 1.54) is 12.1 Å². The minimum absolute atomic E-state index is 0.00740. The van der Waals surface area contributed by atoms with Gasteiger partial charge in [0.2, 0.25) is 5.95 Å². The summed E-state index contributed by atoms with van der Waals surface area (Å²) in [6, 6.07) is 4.62. The number of hydrogen-bond donors (Lipinski definition) is 1. The van der Waals surface area contributed by atoms with Crippen molar-refractivity contribution in [3.63, 3.8) is 0 Å². The molecule has 1 unspecified atom stereocenters. The maximum Gasteiger partial charge on any atom is 0.243 e. The molecule has 1 aromatic carbocycles. The Morgan fingerprint density at radius 1 is 1.24 bits per heavy atom. The number of aromatic nitrogens is 3. The Labute approximate surface area is 122 Å². The quantitative estimate of drug-likeness (QED) is 0.920. The van der Waals surface area contributed by atoms with Gasteiger partial charge in [-0.1, -0.05) is 6.07 Å². The molecule has 2 aromatic rings. The maximum atomic E-state index is 13.3. The van der Waals surface area contributed by atoms with Gasteiger partial charge in [0.05, 0.1) is 24.0 Å². The molecule has 2 heterocycles.